The number of nitrogens with one attached hydrogen (secondary N) is 2. The average molecular weight is 346 g/mol. The van der Waals surface area contributed by atoms with Gasteiger partial charge < -0.3 is 24.5 Å². The van der Waals surface area contributed by atoms with Crippen LogP contribution in [0.3, 0.4) is 0 Å². The highest BCUT2D eigenvalue weighted by Crippen LogP contribution is 2.39. The maximum atomic E-state index is 12.1. The van der Waals surface area contributed by atoms with Gasteiger partial charge in [0, 0.05) is 12.5 Å². The molecule has 0 bridgehead atoms. The number of amides is 1. The minimum absolute atomic E-state index is 0.0792. The molecule has 0 atom stereocenters. The Morgan fingerprint density at radius 2 is 1.64 bits per heavy atom. The summed E-state index contributed by atoms with van der Waals surface area (Å²) in [7, 11) is 3.75. The van der Waals surface area contributed by atoms with Crippen LogP contribution in [0.2, 0.25) is 0 Å². The zero-order chi connectivity index (χ0) is 18.6. The van der Waals surface area contributed by atoms with Gasteiger partial charge in [-0.05, 0) is 6.07 Å². The van der Waals surface area contributed by atoms with E-state index in [4.69, 9.17) is 14.2 Å². The molecule has 0 aliphatic heterocycles. The molecule has 1 aromatic carbocycles. The molecule has 0 saturated carbocycles. The molecule has 25 heavy (non-hydrogen) atoms. The van der Waals surface area contributed by atoms with Gasteiger partial charge in [-0.2, -0.15) is 0 Å². The first kappa shape index (κ1) is 18.1. The Hall–Kier alpha value is -3.29. The van der Waals surface area contributed by atoms with Crippen molar-refractivity contribution in [3.8, 4) is 17.0 Å². The molecule has 2 rings (SSSR count). The SMILES string of the molecule is COC(=O)c1[nH]c(-c2ccccc2NC(C)=O)c(OC)c1C(=O)OC. The fourth-order valence-electron chi connectivity index (χ4n) is 2.43. The Kier molecular flexibility index (Phi) is 5.43. The van der Waals surface area contributed by atoms with E-state index in [-0.39, 0.29) is 22.9 Å². The van der Waals surface area contributed by atoms with Crippen LogP contribution in [-0.4, -0.2) is 44.2 Å². The van der Waals surface area contributed by atoms with Crippen molar-refractivity contribution in [2.45, 2.75) is 6.92 Å². The number of esters is 2. The largest absolute Gasteiger partial charge is 0.494 e. The Labute approximate surface area is 144 Å². The second kappa shape index (κ2) is 7.52. The van der Waals surface area contributed by atoms with E-state index < -0.39 is 11.9 Å². The van der Waals surface area contributed by atoms with Crippen molar-refractivity contribution in [1.29, 1.82) is 0 Å². The molecule has 0 aliphatic carbocycles. The third kappa shape index (κ3) is 3.47. The number of carbonyl (C=O) groups is 3. The predicted molar refractivity (Wildman–Crippen MR) is 89.8 cm³/mol. The number of benzene rings is 1. The maximum Gasteiger partial charge on any atom is 0.355 e. The number of aromatic nitrogens is 1. The zero-order valence-corrected chi connectivity index (χ0v) is 14.3. The van der Waals surface area contributed by atoms with Gasteiger partial charge in [-0.3, -0.25) is 4.79 Å². The molecule has 8 nitrogen and oxygen atoms in total. The van der Waals surface area contributed by atoms with E-state index in [2.05, 4.69) is 10.3 Å². The molecular weight excluding hydrogens is 328 g/mol. The summed E-state index contributed by atoms with van der Waals surface area (Å²) >= 11 is 0. The number of aromatic amines is 1. The summed E-state index contributed by atoms with van der Waals surface area (Å²) in [4.78, 5) is 38.5. The fourth-order valence-corrected chi connectivity index (χ4v) is 2.43. The van der Waals surface area contributed by atoms with Crippen molar-refractivity contribution >= 4 is 23.5 Å². The molecule has 1 heterocycles. The first-order valence-corrected chi connectivity index (χ1v) is 7.28. The molecule has 1 aromatic heterocycles. The average Bonchev–Trinajstić information content (AvgIpc) is 2.99. The summed E-state index contributed by atoms with van der Waals surface area (Å²) in [5.74, 6) is -1.65. The topological polar surface area (TPSA) is 107 Å². The van der Waals surface area contributed by atoms with Crippen LogP contribution in [0.1, 0.15) is 27.8 Å². The number of carbonyl (C=O) groups excluding carboxylic acids is 3. The molecule has 0 saturated heterocycles. The van der Waals surface area contributed by atoms with Crippen LogP contribution >= 0.6 is 0 Å². The molecule has 2 aromatic rings. The number of ether oxygens (including phenoxy) is 3. The highest BCUT2D eigenvalue weighted by Gasteiger charge is 2.30. The summed E-state index contributed by atoms with van der Waals surface area (Å²) < 4.78 is 14.8. The van der Waals surface area contributed by atoms with Gasteiger partial charge in [-0.15, -0.1) is 0 Å². The lowest BCUT2D eigenvalue weighted by Crippen LogP contribution is -2.11. The molecule has 1 amide bonds. The maximum absolute atomic E-state index is 12.1. The Morgan fingerprint density at radius 1 is 1.00 bits per heavy atom. The summed E-state index contributed by atoms with van der Waals surface area (Å²) in [6.45, 7) is 1.38. The monoisotopic (exact) mass is 346 g/mol. The van der Waals surface area contributed by atoms with Gasteiger partial charge >= 0.3 is 11.9 Å². The number of hydrogen-bond acceptors (Lipinski definition) is 6. The highest BCUT2D eigenvalue weighted by molar-refractivity contribution is 6.07. The molecule has 0 fully saturated rings. The minimum atomic E-state index is -0.753. The van der Waals surface area contributed by atoms with Crippen molar-refractivity contribution < 1.29 is 28.6 Å². The van der Waals surface area contributed by atoms with E-state index in [0.717, 1.165) is 0 Å². The third-order valence-corrected chi connectivity index (χ3v) is 3.44. The molecule has 8 heteroatoms. The third-order valence-electron chi connectivity index (χ3n) is 3.44. The minimum Gasteiger partial charge on any atom is -0.494 e. The lowest BCUT2D eigenvalue weighted by atomic mass is 10.1. The van der Waals surface area contributed by atoms with E-state index in [1.807, 2.05) is 0 Å². The smallest absolute Gasteiger partial charge is 0.355 e. The Balaban J connectivity index is 2.75. The van der Waals surface area contributed by atoms with E-state index >= 15 is 0 Å². The molecule has 0 spiro atoms. The van der Waals surface area contributed by atoms with Crippen LogP contribution in [0.25, 0.3) is 11.3 Å². The number of methoxy groups -OCH3 is 3. The first-order valence-electron chi connectivity index (χ1n) is 7.28. The van der Waals surface area contributed by atoms with Gasteiger partial charge in [-0.25, -0.2) is 9.59 Å². The van der Waals surface area contributed by atoms with Crippen LogP contribution < -0.4 is 10.1 Å². The summed E-state index contributed by atoms with van der Waals surface area (Å²) in [5, 5.41) is 2.69. The number of H-pyrrole nitrogens is 1. The van der Waals surface area contributed by atoms with Gasteiger partial charge in [0.15, 0.2) is 5.75 Å². The van der Waals surface area contributed by atoms with E-state index in [9.17, 15) is 14.4 Å². The lowest BCUT2D eigenvalue weighted by molar-refractivity contribution is -0.114. The molecule has 2 N–H and O–H groups in total. The van der Waals surface area contributed by atoms with Crippen LogP contribution in [0.4, 0.5) is 5.69 Å². The predicted octanol–water partition coefficient (Wildman–Crippen LogP) is 2.22. The standard InChI is InChI=1S/C17H18N2O6/c1-9(20)18-11-8-6-5-7-10(11)13-15(23-2)12(16(21)24-3)14(19-13)17(22)25-4/h5-8,19H,1-4H3,(H,18,20). The fraction of sp³-hybridized carbons (Fsp3) is 0.235. The van der Waals surface area contributed by atoms with Crippen molar-refractivity contribution in [3.63, 3.8) is 0 Å². The van der Waals surface area contributed by atoms with Crippen molar-refractivity contribution in [2.24, 2.45) is 0 Å². The molecular formula is C17H18N2O6. The van der Waals surface area contributed by atoms with Gasteiger partial charge in [0.2, 0.25) is 5.91 Å². The van der Waals surface area contributed by atoms with Crippen LogP contribution in [0.15, 0.2) is 24.3 Å². The van der Waals surface area contributed by atoms with Crippen molar-refractivity contribution in [3.05, 3.63) is 35.5 Å². The van der Waals surface area contributed by atoms with Gasteiger partial charge in [0.05, 0.1) is 32.7 Å². The van der Waals surface area contributed by atoms with Gasteiger partial charge in [0.1, 0.15) is 11.3 Å². The quantitative estimate of drug-likeness (QED) is 0.804. The van der Waals surface area contributed by atoms with E-state index in [1.165, 1.54) is 28.3 Å². The molecule has 0 radical (unpaired) electrons. The summed E-state index contributed by atoms with van der Waals surface area (Å²) in [5.41, 5.74) is 1.19. The van der Waals surface area contributed by atoms with Gasteiger partial charge in [0.25, 0.3) is 0 Å². The number of rotatable bonds is 5. The van der Waals surface area contributed by atoms with Crippen molar-refractivity contribution in [1.82, 2.24) is 4.98 Å². The van der Waals surface area contributed by atoms with Crippen LogP contribution in [0, 0.1) is 0 Å². The molecule has 0 aliphatic rings. The zero-order valence-electron chi connectivity index (χ0n) is 14.3. The Morgan fingerprint density at radius 3 is 2.20 bits per heavy atom. The number of para-hydroxylation sites is 1. The van der Waals surface area contributed by atoms with Crippen LogP contribution in [0.5, 0.6) is 5.75 Å². The lowest BCUT2D eigenvalue weighted by Gasteiger charge is -2.10. The van der Waals surface area contributed by atoms with E-state index in [1.54, 1.807) is 24.3 Å². The highest BCUT2D eigenvalue weighted by atomic mass is 16.5. The van der Waals surface area contributed by atoms with Crippen molar-refractivity contribution in [2.75, 3.05) is 26.6 Å². The van der Waals surface area contributed by atoms with Crippen LogP contribution in [-0.2, 0) is 14.3 Å². The molecule has 0 unspecified atom stereocenters. The first-order chi connectivity index (χ1) is 11.9. The summed E-state index contributed by atoms with van der Waals surface area (Å²) in [6, 6.07) is 6.89. The second-order valence-electron chi connectivity index (χ2n) is 4.99. The molecule has 132 valence electrons. The van der Waals surface area contributed by atoms with E-state index in [0.29, 0.717) is 16.9 Å². The normalized spacial score (nSPS) is 10.1. The Bertz CT molecular complexity index is 825. The number of anilines is 1. The second-order valence-corrected chi connectivity index (χ2v) is 4.99. The summed E-state index contributed by atoms with van der Waals surface area (Å²) in [6.07, 6.45) is 0. The van der Waals surface area contributed by atoms with Gasteiger partial charge in [-0.1, -0.05) is 18.2 Å². The number of hydrogen-bond donors (Lipinski definition) is 2.